The number of ether oxygens (including phenoxy) is 3. The number of thiazole rings is 1. The average Bonchev–Trinajstić information content (AvgIpc) is 3.20. The third-order valence-corrected chi connectivity index (χ3v) is 4.67. The Morgan fingerprint density at radius 1 is 1.21 bits per heavy atom. The number of nitrogens with zero attached hydrogens (tertiary/aromatic N) is 3. The fraction of sp³-hybridized carbons (Fsp3) is 0.167. The fourth-order valence-corrected chi connectivity index (χ4v) is 3.35. The molecule has 0 unspecified atom stereocenters. The normalized spacial score (nSPS) is 10.3. The van der Waals surface area contributed by atoms with Crippen LogP contribution in [0.25, 0.3) is 11.3 Å². The van der Waals surface area contributed by atoms with Gasteiger partial charge in [-0.15, -0.1) is 11.3 Å². The molecule has 3 aromatic rings. The van der Waals surface area contributed by atoms with Gasteiger partial charge in [0.15, 0.2) is 10.9 Å². The molecule has 0 fully saturated rings. The van der Waals surface area contributed by atoms with Crippen molar-refractivity contribution >= 4 is 28.1 Å². The number of nitro benzene ring substituents is 1. The maximum absolute atomic E-state index is 12.8. The molecule has 1 amide bonds. The van der Waals surface area contributed by atoms with E-state index >= 15 is 0 Å². The smallest absolute Gasteiger partial charge is 0.327 e. The van der Waals surface area contributed by atoms with Crippen LogP contribution in [0.5, 0.6) is 17.2 Å². The molecule has 0 bridgehead atoms. The fourth-order valence-electron chi connectivity index (χ4n) is 2.64. The Kier molecular flexibility index (Phi) is 5.88. The summed E-state index contributed by atoms with van der Waals surface area (Å²) < 4.78 is 15.5. The van der Waals surface area contributed by atoms with Crippen LogP contribution in [0.15, 0.2) is 36.0 Å². The van der Waals surface area contributed by atoms with Crippen LogP contribution in [0.4, 0.5) is 10.8 Å². The molecule has 2 heterocycles. The Balaban J connectivity index is 1.99. The number of nitrogens with one attached hydrogen (secondary N) is 1. The number of nitro groups is 1. The number of hydrogen-bond acceptors (Lipinski definition) is 9. The van der Waals surface area contributed by atoms with Crippen LogP contribution in [0, 0.1) is 10.1 Å². The molecule has 0 aliphatic carbocycles. The van der Waals surface area contributed by atoms with Crippen molar-refractivity contribution in [2.45, 2.75) is 0 Å². The zero-order valence-electron chi connectivity index (χ0n) is 15.7. The first-order valence-electron chi connectivity index (χ1n) is 8.14. The molecule has 0 saturated heterocycles. The van der Waals surface area contributed by atoms with Gasteiger partial charge in [-0.2, -0.15) is 0 Å². The Morgan fingerprint density at radius 3 is 2.55 bits per heavy atom. The van der Waals surface area contributed by atoms with E-state index < -0.39 is 16.5 Å². The summed E-state index contributed by atoms with van der Waals surface area (Å²) in [5.41, 5.74) is 0.620. The number of rotatable bonds is 7. The number of carbonyl (C=O) groups is 1. The van der Waals surface area contributed by atoms with Gasteiger partial charge in [-0.25, -0.2) is 4.98 Å². The van der Waals surface area contributed by atoms with Crippen LogP contribution in [-0.2, 0) is 0 Å². The third kappa shape index (κ3) is 3.94. The Labute approximate surface area is 169 Å². The number of amides is 1. The largest absolute Gasteiger partial charge is 0.493 e. The van der Waals surface area contributed by atoms with Gasteiger partial charge in [0.1, 0.15) is 5.56 Å². The highest BCUT2D eigenvalue weighted by molar-refractivity contribution is 7.14. The lowest BCUT2D eigenvalue weighted by atomic mass is 10.1. The van der Waals surface area contributed by atoms with E-state index in [1.807, 2.05) is 6.07 Å². The molecular formula is C18H16N4O6S. The van der Waals surface area contributed by atoms with Crippen LogP contribution < -0.4 is 19.5 Å². The lowest BCUT2D eigenvalue weighted by Crippen LogP contribution is -2.15. The second kappa shape index (κ2) is 8.52. The highest BCUT2D eigenvalue weighted by Crippen LogP contribution is 2.46. The van der Waals surface area contributed by atoms with Crippen LogP contribution in [0.2, 0.25) is 0 Å². The number of methoxy groups -OCH3 is 3. The number of anilines is 1. The van der Waals surface area contributed by atoms with Crippen molar-refractivity contribution in [1.82, 2.24) is 9.97 Å². The minimum Gasteiger partial charge on any atom is -0.493 e. The minimum atomic E-state index is -0.733. The van der Waals surface area contributed by atoms with E-state index in [4.69, 9.17) is 14.2 Å². The minimum absolute atomic E-state index is 0.0198. The SMILES string of the molecule is COc1cc(C(=O)Nc2nc(-c3cccnc3)cs2)c([N+](=O)[O-])c(OC)c1OC. The van der Waals surface area contributed by atoms with Crippen molar-refractivity contribution in [2.24, 2.45) is 0 Å². The zero-order valence-corrected chi connectivity index (χ0v) is 16.5. The summed E-state index contributed by atoms with van der Waals surface area (Å²) in [5.74, 6) is -0.804. The number of benzene rings is 1. The molecule has 150 valence electrons. The maximum Gasteiger partial charge on any atom is 0.327 e. The lowest BCUT2D eigenvalue weighted by molar-refractivity contribution is -0.386. The molecular weight excluding hydrogens is 400 g/mol. The molecule has 1 aromatic carbocycles. The molecule has 0 aliphatic rings. The quantitative estimate of drug-likeness (QED) is 0.459. The first kappa shape index (κ1) is 20.0. The molecule has 10 nitrogen and oxygen atoms in total. The van der Waals surface area contributed by atoms with Gasteiger partial charge in [-0.05, 0) is 12.1 Å². The van der Waals surface area contributed by atoms with E-state index in [0.29, 0.717) is 5.69 Å². The molecule has 0 spiro atoms. The predicted molar refractivity (Wildman–Crippen MR) is 106 cm³/mol. The van der Waals surface area contributed by atoms with E-state index in [1.54, 1.807) is 23.8 Å². The molecule has 0 aliphatic heterocycles. The monoisotopic (exact) mass is 416 g/mol. The van der Waals surface area contributed by atoms with Crippen molar-refractivity contribution in [3.05, 3.63) is 51.7 Å². The van der Waals surface area contributed by atoms with E-state index in [-0.39, 0.29) is 27.9 Å². The summed E-state index contributed by atoms with van der Waals surface area (Å²) in [5, 5.41) is 16.2. The summed E-state index contributed by atoms with van der Waals surface area (Å²) in [7, 11) is 3.91. The second-order valence-electron chi connectivity index (χ2n) is 5.53. The number of carbonyl (C=O) groups excluding carboxylic acids is 1. The van der Waals surface area contributed by atoms with E-state index in [1.165, 1.54) is 38.7 Å². The van der Waals surface area contributed by atoms with Crippen molar-refractivity contribution in [1.29, 1.82) is 0 Å². The molecule has 11 heteroatoms. The van der Waals surface area contributed by atoms with Gasteiger partial charge in [-0.3, -0.25) is 25.2 Å². The van der Waals surface area contributed by atoms with Crippen molar-refractivity contribution in [2.75, 3.05) is 26.6 Å². The van der Waals surface area contributed by atoms with Gasteiger partial charge in [0.2, 0.25) is 11.5 Å². The molecule has 29 heavy (non-hydrogen) atoms. The van der Waals surface area contributed by atoms with Crippen LogP contribution in [0.1, 0.15) is 10.4 Å². The summed E-state index contributed by atoms with van der Waals surface area (Å²) in [6.07, 6.45) is 3.28. The summed E-state index contributed by atoms with van der Waals surface area (Å²) in [4.78, 5) is 32.1. The average molecular weight is 416 g/mol. The van der Waals surface area contributed by atoms with Crippen molar-refractivity contribution in [3.63, 3.8) is 0 Å². The Bertz CT molecular complexity index is 1050. The topological polar surface area (TPSA) is 126 Å². The Morgan fingerprint density at radius 2 is 1.97 bits per heavy atom. The highest BCUT2D eigenvalue weighted by atomic mass is 32.1. The first-order valence-corrected chi connectivity index (χ1v) is 9.02. The van der Waals surface area contributed by atoms with Gasteiger partial charge < -0.3 is 14.2 Å². The van der Waals surface area contributed by atoms with Crippen LogP contribution in [-0.4, -0.2) is 42.1 Å². The van der Waals surface area contributed by atoms with Gasteiger partial charge in [0.25, 0.3) is 5.91 Å². The molecule has 0 atom stereocenters. The van der Waals surface area contributed by atoms with Gasteiger partial charge in [0, 0.05) is 29.4 Å². The molecule has 2 aromatic heterocycles. The zero-order chi connectivity index (χ0) is 21.0. The van der Waals surface area contributed by atoms with Crippen LogP contribution in [0.3, 0.4) is 0 Å². The highest BCUT2D eigenvalue weighted by Gasteiger charge is 2.32. The molecule has 0 saturated carbocycles. The molecule has 0 radical (unpaired) electrons. The standard InChI is InChI=1S/C18H16N4O6S/c1-26-13-7-11(14(22(24)25)16(28-3)15(13)27-2)17(23)21-18-20-12(9-29-18)10-5-4-6-19-8-10/h4-9H,1-3H3,(H,20,21,23). The first-order chi connectivity index (χ1) is 14.0. The molecule has 1 N–H and O–H groups in total. The Hall–Kier alpha value is -3.73. The summed E-state index contributed by atoms with van der Waals surface area (Å²) in [6, 6.07) is 4.83. The molecule has 3 rings (SSSR count). The third-order valence-electron chi connectivity index (χ3n) is 3.91. The maximum atomic E-state index is 12.8. The van der Waals surface area contributed by atoms with Gasteiger partial charge in [0.05, 0.1) is 31.9 Å². The summed E-state index contributed by atoms with van der Waals surface area (Å²) >= 11 is 1.18. The number of pyridine rings is 1. The van der Waals surface area contributed by atoms with E-state index in [9.17, 15) is 14.9 Å². The predicted octanol–water partition coefficient (Wildman–Crippen LogP) is 3.39. The van der Waals surface area contributed by atoms with Gasteiger partial charge in [-0.1, -0.05) is 0 Å². The number of aromatic nitrogens is 2. The van der Waals surface area contributed by atoms with Gasteiger partial charge >= 0.3 is 5.69 Å². The van der Waals surface area contributed by atoms with Crippen molar-refractivity contribution < 1.29 is 23.9 Å². The van der Waals surface area contributed by atoms with E-state index in [2.05, 4.69) is 15.3 Å². The number of hydrogen-bond donors (Lipinski definition) is 1. The van der Waals surface area contributed by atoms with Crippen LogP contribution >= 0.6 is 11.3 Å². The summed E-state index contributed by atoms with van der Waals surface area (Å²) in [6.45, 7) is 0. The van der Waals surface area contributed by atoms with Crippen molar-refractivity contribution in [3.8, 4) is 28.5 Å². The second-order valence-corrected chi connectivity index (χ2v) is 6.39. The lowest BCUT2D eigenvalue weighted by Gasteiger charge is -2.14. The van der Waals surface area contributed by atoms with E-state index in [0.717, 1.165) is 5.56 Å².